The summed E-state index contributed by atoms with van der Waals surface area (Å²) in [6.07, 6.45) is 2.22. The van der Waals surface area contributed by atoms with Crippen LogP contribution in [0.5, 0.6) is 0 Å². The Hall–Kier alpha value is -1.53. The molecule has 0 atom stereocenters. The minimum Gasteiger partial charge on any atom is -0.334 e. The van der Waals surface area contributed by atoms with Crippen LogP contribution in [0.15, 0.2) is 29.4 Å². The number of fused-ring (bicyclic) bond motifs is 1. The van der Waals surface area contributed by atoms with Gasteiger partial charge in [-0.25, -0.2) is 4.98 Å². The van der Waals surface area contributed by atoms with Crippen molar-refractivity contribution in [2.24, 2.45) is 0 Å². The number of anilines is 1. The zero-order valence-corrected chi connectivity index (χ0v) is 13.4. The van der Waals surface area contributed by atoms with Crippen molar-refractivity contribution in [2.75, 3.05) is 10.8 Å². The molecule has 0 spiro atoms. The van der Waals surface area contributed by atoms with E-state index in [0.717, 1.165) is 5.56 Å². The minimum atomic E-state index is -3.64. The van der Waals surface area contributed by atoms with Crippen molar-refractivity contribution in [1.29, 1.82) is 0 Å². The number of halogens is 1. The molecule has 0 bridgehead atoms. The molecule has 7 heteroatoms. The average Bonchev–Trinajstić information content (AvgIpc) is 3.03. The van der Waals surface area contributed by atoms with E-state index in [2.05, 4.69) is 4.98 Å². The van der Waals surface area contributed by atoms with E-state index >= 15 is 0 Å². The van der Waals surface area contributed by atoms with Crippen LogP contribution in [0, 0.1) is 6.92 Å². The number of nitrogens with zero attached hydrogens (tertiary/aromatic N) is 3. The number of hydrogen-bond acceptors (Lipinski definition) is 3. The Morgan fingerprint density at radius 1 is 1.38 bits per heavy atom. The summed E-state index contributed by atoms with van der Waals surface area (Å²) in [6.45, 7) is 4.85. The van der Waals surface area contributed by atoms with Gasteiger partial charge in [-0.3, -0.25) is 4.31 Å². The van der Waals surface area contributed by atoms with Crippen LogP contribution in [-0.2, 0) is 23.0 Å². The second-order valence-electron chi connectivity index (χ2n) is 4.98. The van der Waals surface area contributed by atoms with Crippen LogP contribution in [0.3, 0.4) is 0 Å². The smallest absolute Gasteiger partial charge is 0.283 e. The van der Waals surface area contributed by atoms with Crippen LogP contribution >= 0.6 is 11.6 Å². The quantitative estimate of drug-likeness (QED) is 0.871. The summed E-state index contributed by atoms with van der Waals surface area (Å²) in [5, 5.41) is 0.704. The molecular formula is C14H16ClN3O2S. The Morgan fingerprint density at radius 3 is 2.81 bits per heavy atom. The molecule has 3 rings (SSSR count). The van der Waals surface area contributed by atoms with E-state index in [-0.39, 0.29) is 5.03 Å². The van der Waals surface area contributed by atoms with Crippen molar-refractivity contribution >= 4 is 27.3 Å². The van der Waals surface area contributed by atoms with E-state index in [9.17, 15) is 8.42 Å². The van der Waals surface area contributed by atoms with Gasteiger partial charge in [0, 0.05) is 24.3 Å². The summed E-state index contributed by atoms with van der Waals surface area (Å²) < 4.78 is 28.8. The van der Waals surface area contributed by atoms with E-state index in [4.69, 9.17) is 11.6 Å². The lowest BCUT2D eigenvalue weighted by atomic mass is 10.2. The zero-order chi connectivity index (χ0) is 15.2. The highest BCUT2D eigenvalue weighted by molar-refractivity contribution is 7.92. The number of benzene rings is 1. The second kappa shape index (κ2) is 5.03. The van der Waals surface area contributed by atoms with E-state index in [1.54, 1.807) is 31.3 Å². The summed E-state index contributed by atoms with van der Waals surface area (Å²) in [4.78, 5) is 4.19. The van der Waals surface area contributed by atoms with Gasteiger partial charge in [0.1, 0.15) is 5.82 Å². The van der Waals surface area contributed by atoms with Gasteiger partial charge in [0.25, 0.3) is 10.0 Å². The van der Waals surface area contributed by atoms with Crippen molar-refractivity contribution in [3.8, 4) is 0 Å². The first-order valence-corrected chi connectivity index (χ1v) is 8.61. The SMILES string of the molecule is CCn1cc(S(=O)(=O)N2CCc3c(Cl)cccc32)nc1C. The maximum Gasteiger partial charge on any atom is 0.283 e. The number of aromatic nitrogens is 2. The molecule has 2 aromatic rings. The highest BCUT2D eigenvalue weighted by Gasteiger charge is 2.33. The monoisotopic (exact) mass is 325 g/mol. The molecule has 0 saturated carbocycles. The molecule has 0 fully saturated rings. The Labute approximate surface area is 129 Å². The third-order valence-corrected chi connectivity index (χ3v) is 5.82. The van der Waals surface area contributed by atoms with Crippen LogP contribution in [0.2, 0.25) is 5.02 Å². The third kappa shape index (κ3) is 2.22. The molecule has 5 nitrogen and oxygen atoms in total. The number of aryl methyl sites for hydroxylation is 2. The molecule has 1 aromatic carbocycles. The molecule has 0 saturated heterocycles. The third-order valence-electron chi connectivity index (χ3n) is 3.78. The van der Waals surface area contributed by atoms with Crippen molar-refractivity contribution in [1.82, 2.24) is 9.55 Å². The van der Waals surface area contributed by atoms with Crippen LogP contribution in [0.4, 0.5) is 5.69 Å². The van der Waals surface area contributed by atoms with Crippen LogP contribution in [0.25, 0.3) is 0 Å². The molecule has 21 heavy (non-hydrogen) atoms. The first-order chi connectivity index (χ1) is 9.95. The molecular weight excluding hydrogens is 310 g/mol. The molecule has 1 aliphatic heterocycles. The lowest BCUT2D eigenvalue weighted by molar-refractivity contribution is 0.589. The molecule has 0 unspecified atom stereocenters. The van der Waals surface area contributed by atoms with Gasteiger partial charge < -0.3 is 4.57 Å². The van der Waals surface area contributed by atoms with Gasteiger partial charge >= 0.3 is 0 Å². The molecule has 112 valence electrons. The van der Waals surface area contributed by atoms with Gasteiger partial charge in [-0.1, -0.05) is 17.7 Å². The lowest BCUT2D eigenvalue weighted by Gasteiger charge is -2.18. The molecule has 2 heterocycles. The minimum absolute atomic E-state index is 0.0923. The second-order valence-corrected chi connectivity index (χ2v) is 7.19. The van der Waals surface area contributed by atoms with Crippen LogP contribution in [-0.4, -0.2) is 24.5 Å². The highest BCUT2D eigenvalue weighted by Crippen LogP contribution is 2.36. The lowest BCUT2D eigenvalue weighted by Crippen LogP contribution is -2.29. The number of sulfonamides is 1. The zero-order valence-electron chi connectivity index (χ0n) is 11.9. The number of rotatable bonds is 3. The summed E-state index contributed by atoms with van der Waals surface area (Å²) in [6, 6.07) is 5.34. The highest BCUT2D eigenvalue weighted by atomic mass is 35.5. The molecule has 0 amide bonds. The molecule has 1 aliphatic rings. The molecule has 0 radical (unpaired) electrons. The maximum absolute atomic E-state index is 12.8. The predicted molar refractivity (Wildman–Crippen MR) is 82.3 cm³/mol. The van der Waals surface area contributed by atoms with Crippen molar-refractivity contribution < 1.29 is 8.42 Å². The molecule has 0 aliphatic carbocycles. The summed E-state index contributed by atoms with van der Waals surface area (Å²) in [5.41, 5.74) is 1.54. The van der Waals surface area contributed by atoms with Gasteiger partial charge in [-0.15, -0.1) is 0 Å². The van der Waals surface area contributed by atoms with Gasteiger partial charge in [0.15, 0.2) is 5.03 Å². The Bertz CT molecular complexity index is 799. The molecule has 1 aromatic heterocycles. The fourth-order valence-corrected chi connectivity index (χ4v) is 4.41. The predicted octanol–water partition coefficient (Wildman–Crippen LogP) is 2.62. The maximum atomic E-state index is 12.8. The summed E-state index contributed by atoms with van der Waals surface area (Å²) in [5.74, 6) is 0.696. The van der Waals surface area contributed by atoms with Crippen LogP contribution < -0.4 is 4.31 Å². The number of imidazole rings is 1. The van der Waals surface area contributed by atoms with E-state index in [1.165, 1.54) is 4.31 Å². The van der Waals surface area contributed by atoms with Crippen LogP contribution in [0.1, 0.15) is 18.3 Å². The first-order valence-electron chi connectivity index (χ1n) is 6.79. The van der Waals surface area contributed by atoms with Crippen molar-refractivity contribution in [3.63, 3.8) is 0 Å². The van der Waals surface area contributed by atoms with Gasteiger partial charge in [-0.05, 0) is 38.0 Å². The van der Waals surface area contributed by atoms with Crippen molar-refractivity contribution in [2.45, 2.75) is 31.8 Å². The first kappa shape index (κ1) is 14.4. The van der Waals surface area contributed by atoms with Crippen molar-refractivity contribution in [3.05, 3.63) is 40.8 Å². The van der Waals surface area contributed by atoms with Gasteiger partial charge in [0.05, 0.1) is 5.69 Å². The normalized spacial score (nSPS) is 14.5. The Balaban J connectivity index is 2.07. The fourth-order valence-electron chi connectivity index (χ4n) is 2.65. The Kier molecular flexibility index (Phi) is 3.45. The largest absolute Gasteiger partial charge is 0.334 e. The standard InChI is InChI=1S/C14H16ClN3O2S/c1-3-17-9-14(16-10(17)2)21(19,20)18-8-7-11-12(15)5-4-6-13(11)18/h4-6,9H,3,7-8H2,1-2H3. The van der Waals surface area contributed by atoms with E-state index in [1.807, 2.05) is 11.5 Å². The van der Waals surface area contributed by atoms with E-state index < -0.39 is 10.0 Å². The van der Waals surface area contributed by atoms with E-state index in [0.29, 0.717) is 36.0 Å². The molecule has 0 N–H and O–H groups in total. The summed E-state index contributed by atoms with van der Waals surface area (Å²) >= 11 is 6.14. The number of hydrogen-bond donors (Lipinski definition) is 0. The average molecular weight is 326 g/mol. The Morgan fingerprint density at radius 2 is 2.14 bits per heavy atom. The summed E-state index contributed by atoms with van der Waals surface area (Å²) in [7, 11) is -3.64. The van der Waals surface area contributed by atoms with Gasteiger partial charge in [0.2, 0.25) is 0 Å². The topological polar surface area (TPSA) is 55.2 Å². The van der Waals surface area contributed by atoms with Gasteiger partial charge in [-0.2, -0.15) is 8.42 Å². The fraction of sp³-hybridized carbons (Fsp3) is 0.357.